The molecule has 0 amide bonds. The first-order chi connectivity index (χ1) is 21.4. The zero-order valence-electron chi connectivity index (χ0n) is 24.1. The molecule has 3 aromatic rings. The van der Waals surface area contributed by atoms with E-state index in [1.165, 1.54) is 6.07 Å². The Bertz CT molecular complexity index is 1580. The van der Waals surface area contributed by atoms with Crippen molar-refractivity contribution < 1.29 is 57.4 Å². The van der Waals surface area contributed by atoms with Crippen molar-refractivity contribution in [1.82, 2.24) is 4.98 Å². The maximum Gasteiger partial charge on any atom is 0.416 e. The Hall–Kier alpha value is -3.65. The summed E-state index contributed by atoms with van der Waals surface area (Å²) in [7, 11) is 0. The number of aromatic nitrogens is 1. The topological polar surface area (TPSA) is 159 Å². The number of carbonyl (C=O) groups is 2. The molecule has 10 nitrogen and oxygen atoms in total. The molecule has 2 aromatic carbocycles. The van der Waals surface area contributed by atoms with Gasteiger partial charge in [-0.3, -0.25) is 4.79 Å². The summed E-state index contributed by atoms with van der Waals surface area (Å²) in [5.74, 6) is -2.24. The molecular formula is C32H34F3NO9. The van der Waals surface area contributed by atoms with E-state index in [2.05, 4.69) is 4.98 Å². The number of benzene rings is 2. The first-order valence-corrected chi connectivity index (χ1v) is 15.0. The third-order valence-corrected chi connectivity index (χ3v) is 9.16. The zero-order chi connectivity index (χ0) is 32.0. The van der Waals surface area contributed by atoms with Crippen LogP contribution in [-0.4, -0.2) is 68.1 Å². The number of aromatic amines is 1. The van der Waals surface area contributed by atoms with Crippen LogP contribution in [0.25, 0.3) is 10.9 Å². The van der Waals surface area contributed by atoms with E-state index < -0.39 is 54.4 Å². The van der Waals surface area contributed by atoms with Crippen LogP contribution < -0.4 is 4.74 Å². The summed E-state index contributed by atoms with van der Waals surface area (Å²) < 4.78 is 57.8. The van der Waals surface area contributed by atoms with Crippen LogP contribution in [0.2, 0.25) is 0 Å². The van der Waals surface area contributed by atoms with Gasteiger partial charge >= 0.3 is 18.1 Å². The molecule has 1 saturated heterocycles. The Morgan fingerprint density at radius 3 is 2.44 bits per heavy atom. The summed E-state index contributed by atoms with van der Waals surface area (Å²) in [6.07, 6.45) is -9.21. The number of hydrogen-bond acceptors (Lipinski definition) is 8. The standard InChI is InChI=1S/C32H34F3NO9/c33-32(34,35)22-11-15(5-8-19(22)16-3-1-2-4-16)14-43-18-7-10-23-21(13-18)20-9-6-17(25(20)36-23)12-24(37)44-31-28(40)26(38)27(39)29(45-31)30(41)42/h5,7-8,10-11,13,16-17,26-29,31,36,38-40H,1-4,6,9,12,14H2,(H,41,42)/t17-,26+,27+,28-,29+,31?/m1/s1. The third kappa shape index (κ3) is 6.26. The molecule has 0 spiro atoms. The number of halogens is 3. The van der Waals surface area contributed by atoms with E-state index >= 15 is 0 Å². The molecule has 242 valence electrons. The highest BCUT2D eigenvalue weighted by Gasteiger charge is 2.48. The van der Waals surface area contributed by atoms with Crippen molar-refractivity contribution in [3.05, 3.63) is 64.3 Å². The molecule has 2 aliphatic carbocycles. The fourth-order valence-electron chi connectivity index (χ4n) is 6.85. The lowest BCUT2D eigenvalue weighted by molar-refractivity contribution is -0.286. The zero-order valence-corrected chi connectivity index (χ0v) is 24.1. The van der Waals surface area contributed by atoms with Gasteiger partial charge in [-0.25, -0.2) is 4.79 Å². The van der Waals surface area contributed by atoms with Crippen molar-refractivity contribution in [1.29, 1.82) is 0 Å². The predicted octanol–water partition coefficient (Wildman–Crippen LogP) is 4.28. The van der Waals surface area contributed by atoms with Gasteiger partial charge in [0.15, 0.2) is 6.10 Å². The molecule has 45 heavy (non-hydrogen) atoms. The van der Waals surface area contributed by atoms with Gasteiger partial charge in [-0.15, -0.1) is 0 Å². The number of ether oxygens (including phenoxy) is 3. The summed E-state index contributed by atoms with van der Waals surface area (Å²) in [5.41, 5.74) is 2.74. The lowest BCUT2D eigenvalue weighted by Crippen LogP contribution is -2.60. The maximum atomic E-state index is 13.9. The molecule has 6 atom stereocenters. The Labute approximate surface area is 255 Å². The Balaban J connectivity index is 1.12. The molecule has 5 N–H and O–H groups in total. The molecule has 6 rings (SSSR count). The number of nitrogens with one attached hydrogen (secondary N) is 1. The summed E-state index contributed by atoms with van der Waals surface area (Å²) >= 11 is 0. The molecule has 2 fully saturated rings. The predicted molar refractivity (Wildman–Crippen MR) is 151 cm³/mol. The molecule has 13 heteroatoms. The van der Waals surface area contributed by atoms with Crippen LogP contribution in [0.15, 0.2) is 36.4 Å². The normalized spacial score (nSPS) is 27.1. The third-order valence-electron chi connectivity index (χ3n) is 9.16. The van der Waals surface area contributed by atoms with Gasteiger partial charge in [0.05, 0.1) is 12.0 Å². The molecule has 0 radical (unpaired) electrons. The van der Waals surface area contributed by atoms with Crippen LogP contribution in [-0.2, 0) is 38.3 Å². The first-order valence-electron chi connectivity index (χ1n) is 15.0. The average molecular weight is 634 g/mol. The second kappa shape index (κ2) is 12.3. The number of H-pyrrole nitrogens is 1. The number of esters is 1. The van der Waals surface area contributed by atoms with E-state index in [0.717, 1.165) is 47.8 Å². The summed E-state index contributed by atoms with van der Waals surface area (Å²) in [6, 6.07) is 9.80. The van der Waals surface area contributed by atoms with E-state index in [0.29, 0.717) is 29.7 Å². The van der Waals surface area contributed by atoms with Gasteiger partial charge in [-0.1, -0.05) is 25.0 Å². The van der Waals surface area contributed by atoms with Crippen molar-refractivity contribution in [3.8, 4) is 5.75 Å². The maximum absolute atomic E-state index is 13.9. The van der Waals surface area contributed by atoms with E-state index in [1.807, 2.05) is 6.07 Å². The Kier molecular flexibility index (Phi) is 8.55. The number of alkyl halides is 3. The molecule has 2 heterocycles. The molecule has 1 unspecified atom stereocenters. The lowest BCUT2D eigenvalue weighted by Gasteiger charge is -2.38. The number of fused-ring (bicyclic) bond motifs is 3. The van der Waals surface area contributed by atoms with Gasteiger partial charge in [-0.05, 0) is 72.6 Å². The number of carboxylic acid groups (broad SMARTS) is 1. The van der Waals surface area contributed by atoms with Crippen LogP contribution in [0.4, 0.5) is 13.2 Å². The van der Waals surface area contributed by atoms with Crippen molar-refractivity contribution in [2.75, 3.05) is 0 Å². The monoisotopic (exact) mass is 633 g/mol. The fraction of sp³-hybridized carbons (Fsp3) is 0.500. The Morgan fingerprint density at radius 2 is 1.73 bits per heavy atom. The smallest absolute Gasteiger partial charge is 0.416 e. The van der Waals surface area contributed by atoms with Gasteiger partial charge in [0.2, 0.25) is 6.29 Å². The number of carbonyl (C=O) groups excluding carboxylic acids is 1. The second-order valence-electron chi connectivity index (χ2n) is 12.1. The number of aryl methyl sites for hydroxylation is 1. The lowest BCUT2D eigenvalue weighted by atomic mass is 9.91. The Morgan fingerprint density at radius 1 is 0.978 bits per heavy atom. The number of hydrogen-bond donors (Lipinski definition) is 5. The quantitative estimate of drug-likeness (QED) is 0.228. The number of aliphatic hydroxyl groups is 3. The van der Waals surface area contributed by atoms with E-state index in [-0.39, 0.29) is 24.9 Å². The van der Waals surface area contributed by atoms with Crippen LogP contribution >= 0.6 is 0 Å². The van der Waals surface area contributed by atoms with Crippen molar-refractivity contribution in [3.63, 3.8) is 0 Å². The van der Waals surface area contributed by atoms with Gasteiger partial charge in [0.25, 0.3) is 0 Å². The number of aliphatic hydroxyl groups excluding tert-OH is 3. The van der Waals surface area contributed by atoms with Gasteiger partial charge in [0, 0.05) is 22.5 Å². The largest absolute Gasteiger partial charge is 0.489 e. The van der Waals surface area contributed by atoms with Gasteiger partial charge in [-0.2, -0.15) is 13.2 Å². The van der Waals surface area contributed by atoms with Crippen molar-refractivity contribution >= 4 is 22.8 Å². The second-order valence-corrected chi connectivity index (χ2v) is 12.1. The number of carboxylic acids is 1. The van der Waals surface area contributed by atoms with Crippen molar-refractivity contribution in [2.24, 2.45) is 0 Å². The minimum atomic E-state index is -4.45. The molecule has 1 aliphatic heterocycles. The molecule has 0 bridgehead atoms. The fourth-order valence-corrected chi connectivity index (χ4v) is 6.85. The molecular weight excluding hydrogens is 599 g/mol. The SMILES string of the molecule is O=C(C[C@H]1CCc2c1[nH]c1ccc(OCc3ccc(C4CCCC4)c(C(F)(F)F)c3)cc21)OC1O[C@H](C(=O)O)[C@@H](O)[C@H](O)[C@H]1O. The van der Waals surface area contributed by atoms with Gasteiger partial charge < -0.3 is 39.6 Å². The van der Waals surface area contributed by atoms with Crippen LogP contribution in [0.3, 0.4) is 0 Å². The first kappa shape index (κ1) is 31.3. The minimum absolute atomic E-state index is 0.0375. The minimum Gasteiger partial charge on any atom is -0.489 e. The summed E-state index contributed by atoms with van der Waals surface area (Å²) in [6.45, 7) is -0.0375. The van der Waals surface area contributed by atoms with E-state index in [1.54, 1.807) is 24.3 Å². The summed E-state index contributed by atoms with van der Waals surface area (Å²) in [5, 5.41) is 40.0. The highest BCUT2D eigenvalue weighted by atomic mass is 19.4. The van der Waals surface area contributed by atoms with Crippen LogP contribution in [0.1, 0.15) is 78.3 Å². The number of aliphatic carboxylic acids is 1. The molecule has 3 aliphatic rings. The highest BCUT2D eigenvalue weighted by Crippen LogP contribution is 2.43. The van der Waals surface area contributed by atoms with Gasteiger partial charge in [0.1, 0.15) is 30.7 Å². The van der Waals surface area contributed by atoms with E-state index in [9.17, 15) is 43.2 Å². The molecule has 1 aromatic heterocycles. The van der Waals surface area contributed by atoms with E-state index in [4.69, 9.17) is 14.2 Å². The van der Waals surface area contributed by atoms with Crippen molar-refractivity contribution in [2.45, 2.75) is 100 Å². The van der Waals surface area contributed by atoms with Crippen LogP contribution in [0, 0.1) is 0 Å². The summed E-state index contributed by atoms with van der Waals surface area (Å²) in [4.78, 5) is 27.4. The average Bonchev–Trinajstić information content (AvgIpc) is 3.74. The molecule has 1 saturated carbocycles. The number of rotatable bonds is 8. The highest BCUT2D eigenvalue weighted by molar-refractivity contribution is 5.87. The van der Waals surface area contributed by atoms with Crippen LogP contribution in [0.5, 0.6) is 5.75 Å².